The van der Waals surface area contributed by atoms with E-state index in [2.05, 4.69) is 10.6 Å². The molecular formula is C18H17FN4O4. The first-order chi connectivity index (χ1) is 12.9. The lowest BCUT2D eigenvalue weighted by molar-refractivity contribution is -0.136. The number of anilines is 1. The van der Waals surface area contributed by atoms with Gasteiger partial charge in [-0.25, -0.2) is 4.39 Å². The number of hydrogen-bond acceptors (Lipinski definition) is 6. The van der Waals surface area contributed by atoms with Gasteiger partial charge in [0.15, 0.2) is 0 Å². The number of fused-ring (bicyclic) bond motifs is 3. The molecule has 5 aliphatic rings. The summed E-state index contributed by atoms with van der Waals surface area (Å²) in [6.07, 6.45) is 1.16. The van der Waals surface area contributed by atoms with Gasteiger partial charge < -0.3 is 10.2 Å². The molecule has 0 spiro atoms. The van der Waals surface area contributed by atoms with Crippen molar-refractivity contribution in [3.05, 3.63) is 29.1 Å². The second-order valence-electron chi connectivity index (χ2n) is 7.50. The lowest BCUT2D eigenvalue weighted by Gasteiger charge is -2.49. The summed E-state index contributed by atoms with van der Waals surface area (Å²) >= 11 is 0. The van der Waals surface area contributed by atoms with Crippen LogP contribution in [0.25, 0.3) is 0 Å². The number of nitrogens with one attached hydrogen (secondary N) is 2. The molecule has 2 N–H and O–H groups in total. The highest BCUT2D eigenvalue weighted by atomic mass is 19.1. The first-order valence-corrected chi connectivity index (χ1v) is 8.98. The Labute approximate surface area is 153 Å². The van der Waals surface area contributed by atoms with E-state index in [4.69, 9.17) is 0 Å². The molecule has 9 heteroatoms. The van der Waals surface area contributed by atoms with Gasteiger partial charge in [-0.05, 0) is 25.0 Å². The van der Waals surface area contributed by atoms with Crippen LogP contribution in [-0.2, 0) is 9.59 Å². The zero-order valence-electron chi connectivity index (χ0n) is 14.3. The Morgan fingerprint density at radius 1 is 1.04 bits per heavy atom. The molecule has 140 valence electrons. The van der Waals surface area contributed by atoms with E-state index in [1.165, 1.54) is 12.1 Å². The van der Waals surface area contributed by atoms with Gasteiger partial charge in [0.2, 0.25) is 11.8 Å². The van der Waals surface area contributed by atoms with Crippen LogP contribution in [0, 0.1) is 5.82 Å². The van der Waals surface area contributed by atoms with Crippen LogP contribution < -0.4 is 15.5 Å². The molecule has 4 amide bonds. The fraction of sp³-hybridized carbons (Fsp3) is 0.444. The third-order valence-electron chi connectivity index (χ3n) is 5.77. The number of carbonyl (C=O) groups excluding carboxylic acids is 4. The molecule has 6 rings (SSSR count). The van der Waals surface area contributed by atoms with E-state index < -0.39 is 35.5 Å². The maximum Gasteiger partial charge on any atom is 0.265 e. The molecule has 5 aliphatic heterocycles. The van der Waals surface area contributed by atoms with Crippen LogP contribution in [0.2, 0.25) is 0 Å². The van der Waals surface area contributed by atoms with Crippen LogP contribution in [0.3, 0.4) is 0 Å². The lowest BCUT2D eigenvalue weighted by Crippen LogP contribution is -2.67. The van der Waals surface area contributed by atoms with Gasteiger partial charge in [0.1, 0.15) is 11.9 Å². The molecule has 0 radical (unpaired) electrons. The minimum absolute atomic E-state index is 0.0214. The minimum Gasteiger partial charge on any atom is -0.368 e. The fourth-order valence-corrected chi connectivity index (χ4v) is 4.44. The predicted molar refractivity (Wildman–Crippen MR) is 90.6 cm³/mol. The molecule has 0 aromatic heterocycles. The maximum atomic E-state index is 14.7. The van der Waals surface area contributed by atoms with Gasteiger partial charge in [-0.3, -0.25) is 29.4 Å². The van der Waals surface area contributed by atoms with Crippen molar-refractivity contribution in [3.63, 3.8) is 0 Å². The van der Waals surface area contributed by atoms with Gasteiger partial charge >= 0.3 is 0 Å². The van der Waals surface area contributed by atoms with E-state index in [-0.39, 0.29) is 24.0 Å². The van der Waals surface area contributed by atoms with Crippen molar-refractivity contribution < 1.29 is 23.6 Å². The van der Waals surface area contributed by atoms with Gasteiger partial charge in [0.25, 0.3) is 11.8 Å². The zero-order valence-corrected chi connectivity index (χ0v) is 14.3. The third kappa shape index (κ3) is 2.38. The second-order valence-corrected chi connectivity index (χ2v) is 7.50. The highest BCUT2D eigenvalue weighted by Crippen LogP contribution is 2.34. The standard InChI is InChI=1S/C18H17FN4O4/c19-12-5-10(22-6-8-3-9(7-22)20-8)4-11-15(12)18(27)23(17(11)26)13-1-2-14(24)21-16(13)25/h4-5,8-9,13,20H,1-3,6-7H2,(H,21,24,25). The van der Waals surface area contributed by atoms with Crippen molar-refractivity contribution in [2.24, 2.45) is 0 Å². The van der Waals surface area contributed by atoms with Gasteiger partial charge in [0, 0.05) is 37.3 Å². The molecule has 4 fully saturated rings. The fourth-order valence-electron chi connectivity index (χ4n) is 4.44. The topological polar surface area (TPSA) is 98.8 Å². The van der Waals surface area contributed by atoms with E-state index in [1.54, 1.807) is 0 Å². The summed E-state index contributed by atoms with van der Waals surface area (Å²) in [5, 5.41) is 5.51. The zero-order chi connectivity index (χ0) is 18.9. The molecule has 5 heterocycles. The summed E-state index contributed by atoms with van der Waals surface area (Å²) < 4.78 is 14.7. The molecule has 3 unspecified atom stereocenters. The number of imide groups is 2. The molecular weight excluding hydrogens is 355 g/mol. The average molecular weight is 372 g/mol. The highest BCUT2D eigenvalue weighted by Gasteiger charge is 2.46. The Bertz CT molecular complexity index is 901. The molecule has 3 atom stereocenters. The quantitative estimate of drug-likeness (QED) is 0.697. The largest absolute Gasteiger partial charge is 0.368 e. The summed E-state index contributed by atoms with van der Waals surface area (Å²) in [6, 6.07) is 2.44. The van der Waals surface area contributed by atoms with Crippen LogP contribution in [0.5, 0.6) is 0 Å². The monoisotopic (exact) mass is 372 g/mol. The normalized spacial score (nSPS) is 29.6. The van der Waals surface area contributed by atoms with Crippen molar-refractivity contribution in [1.29, 1.82) is 0 Å². The Kier molecular flexibility index (Phi) is 3.39. The second kappa shape index (κ2) is 5.59. The molecule has 4 saturated heterocycles. The van der Waals surface area contributed by atoms with Crippen molar-refractivity contribution in [3.8, 4) is 0 Å². The number of benzene rings is 1. The third-order valence-corrected chi connectivity index (χ3v) is 5.77. The number of rotatable bonds is 2. The van der Waals surface area contributed by atoms with Crippen molar-refractivity contribution in [2.45, 2.75) is 37.4 Å². The summed E-state index contributed by atoms with van der Waals surface area (Å²) in [5.74, 6) is -3.42. The number of piperidine rings is 2. The Morgan fingerprint density at radius 2 is 1.74 bits per heavy atom. The van der Waals surface area contributed by atoms with E-state index in [0.29, 0.717) is 30.9 Å². The van der Waals surface area contributed by atoms with E-state index >= 15 is 0 Å². The van der Waals surface area contributed by atoms with Gasteiger partial charge in [-0.15, -0.1) is 0 Å². The van der Waals surface area contributed by atoms with Crippen LogP contribution in [0.1, 0.15) is 40.0 Å². The van der Waals surface area contributed by atoms with Gasteiger partial charge in [-0.1, -0.05) is 0 Å². The minimum atomic E-state index is -1.09. The molecule has 0 saturated carbocycles. The van der Waals surface area contributed by atoms with Crippen molar-refractivity contribution in [1.82, 2.24) is 15.5 Å². The van der Waals surface area contributed by atoms with E-state index in [9.17, 15) is 23.6 Å². The molecule has 2 bridgehead atoms. The molecule has 27 heavy (non-hydrogen) atoms. The van der Waals surface area contributed by atoms with Crippen molar-refractivity contribution in [2.75, 3.05) is 18.0 Å². The number of hydrogen-bond donors (Lipinski definition) is 2. The van der Waals surface area contributed by atoms with Gasteiger partial charge in [-0.2, -0.15) is 0 Å². The summed E-state index contributed by atoms with van der Waals surface area (Å²) in [7, 11) is 0. The first kappa shape index (κ1) is 16.4. The molecule has 1 aromatic carbocycles. The Hall–Kier alpha value is -2.81. The summed E-state index contributed by atoms with van der Waals surface area (Å²) in [5.41, 5.74) is 0.245. The Balaban J connectivity index is 1.48. The van der Waals surface area contributed by atoms with E-state index in [0.717, 1.165) is 11.3 Å². The van der Waals surface area contributed by atoms with Crippen molar-refractivity contribution >= 4 is 29.3 Å². The number of carbonyl (C=O) groups is 4. The first-order valence-electron chi connectivity index (χ1n) is 8.98. The predicted octanol–water partition coefficient (Wildman–Crippen LogP) is -0.223. The SMILES string of the molecule is O=C1CCC(N2C(=O)c3cc(N4CC5CC(C4)N5)cc(F)c3C2=O)C(=O)N1. The number of nitrogens with zero attached hydrogens (tertiary/aromatic N) is 2. The highest BCUT2D eigenvalue weighted by molar-refractivity contribution is 6.23. The smallest absolute Gasteiger partial charge is 0.265 e. The van der Waals surface area contributed by atoms with Crippen LogP contribution in [0.4, 0.5) is 10.1 Å². The lowest BCUT2D eigenvalue weighted by atomic mass is 9.90. The summed E-state index contributed by atoms with van der Waals surface area (Å²) in [6.45, 7) is 1.43. The molecule has 0 aliphatic carbocycles. The molecule has 1 aromatic rings. The number of amides is 4. The Morgan fingerprint density at radius 3 is 2.41 bits per heavy atom. The summed E-state index contributed by atoms with van der Waals surface area (Å²) in [4.78, 5) is 51.7. The molecule has 8 nitrogen and oxygen atoms in total. The van der Waals surface area contributed by atoms with Crippen LogP contribution >= 0.6 is 0 Å². The van der Waals surface area contributed by atoms with Crippen LogP contribution in [0.15, 0.2) is 12.1 Å². The average Bonchev–Trinajstić information content (AvgIpc) is 2.86. The van der Waals surface area contributed by atoms with Crippen LogP contribution in [-0.4, -0.2) is 59.7 Å². The van der Waals surface area contributed by atoms with E-state index in [1.807, 2.05) is 4.90 Å². The number of piperazine rings is 1. The van der Waals surface area contributed by atoms with Gasteiger partial charge in [0.05, 0.1) is 11.1 Å². The maximum absolute atomic E-state index is 14.7. The number of halogens is 1.